The molecular formula is C24H26F2N4O2. The van der Waals surface area contributed by atoms with E-state index < -0.39 is 0 Å². The number of anilines is 1. The van der Waals surface area contributed by atoms with E-state index >= 15 is 0 Å². The normalized spacial score (nSPS) is 16.3. The monoisotopic (exact) mass is 440 g/mol. The Morgan fingerprint density at radius 3 is 1.91 bits per heavy atom. The number of halogens is 2. The molecule has 168 valence electrons. The van der Waals surface area contributed by atoms with Crippen molar-refractivity contribution in [3.8, 4) is 0 Å². The van der Waals surface area contributed by atoms with Crippen molar-refractivity contribution in [1.82, 2.24) is 15.0 Å². The predicted octanol–water partition coefficient (Wildman–Crippen LogP) is 4.00. The number of hydrogen-bond acceptors (Lipinski definition) is 5. The zero-order valence-electron chi connectivity index (χ0n) is 18.1. The van der Waals surface area contributed by atoms with Crippen LogP contribution in [0, 0.1) is 18.6 Å². The molecule has 1 amide bonds. The van der Waals surface area contributed by atoms with Crippen molar-refractivity contribution in [2.75, 3.05) is 31.5 Å². The van der Waals surface area contributed by atoms with E-state index in [1.165, 1.54) is 24.3 Å². The Morgan fingerprint density at radius 1 is 0.938 bits per heavy atom. The van der Waals surface area contributed by atoms with Crippen LogP contribution in [0.15, 0.2) is 59.1 Å². The summed E-state index contributed by atoms with van der Waals surface area (Å²) in [7, 11) is 0. The predicted molar refractivity (Wildman–Crippen MR) is 117 cm³/mol. The van der Waals surface area contributed by atoms with Crippen molar-refractivity contribution in [3.63, 3.8) is 0 Å². The van der Waals surface area contributed by atoms with Crippen LogP contribution in [0.3, 0.4) is 0 Å². The number of benzene rings is 2. The number of aryl methyl sites for hydroxylation is 1. The molecule has 1 aliphatic heterocycles. The first-order chi connectivity index (χ1) is 15.4. The van der Waals surface area contributed by atoms with Crippen molar-refractivity contribution in [3.05, 3.63) is 83.1 Å². The molecule has 1 unspecified atom stereocenters. The highest BCUT2D eigenvalue weighted by Gasteiger charge is 2.30. The lowest BCUT2D eigenvalue weighted by Gasteiger charge is -2.41. The maximum absolute atomic E-state index is 13.5. The molecule has 1 aromatic heterocycles. The molecule has 3 aromatic rings. The average Bonchev–Trinajstić information content (AvgIpc) is 3.21. The number of amides is 1. The lowest BCUT2D eigenvalue weighted by Crippen LogP contribution is -2.53. The summed E-state index contributed by atoms with van der Waals surface area (Å²) in [6.45, 7) is 6.44. The van der Waals surface area contributed by atoms with Crippen LogP contribution in [-0.4, -0.2) is 53.1 Å². The molecule has 4 rings (SSSR count). The minimum absolute atomic E-state index is 0.125. The van der Waals surface area contributed by atoms with E-state index in [1.807, 2.05) is 6.92 Å². The molecule has 0 aliphatic carbocycles. The molecule has 1 fully saturated rings. The molecular weight excluding hydrogens is 414 g/mol. The third-order valence-corrected chi connectivity index (χ3v) is 5.89. The van der Waals surface area contributed by atoms with E-state index in [9.17, 15) is 13.6 Å². The number of aromatic nitrogens is 1. The first kappa shape index (κ1) is 22.1. The molecule has 0 bridgehead atoms. The Bertz CT molecular complexity index is 999. The highest BCUT2D eigenvalue weighted by atomic mass is 19.1. The van der Waals surface area contributed by atoms with Gasteiger partial charge in [0.25, 0.3) is 0 Å². The number of piperazine rings is 1. The van der Waals surface area contributed by atoms with Gasteiger partial charge in [0.2, 0.25) is 11.8 Å². The Morgan fingerprint density at radius 2 is 1.44 bits per heavy atom. The Labute approximate surface area is 185 Å². The molecule has 1 saturated heterocycles. The molecule has 2 aromatic carbocycles. The van der Waals surface area contributed by atoms with Crippen LogP contribution in [-0.2, 0) is 4.79 Å². The zero-order chi connectivity index (χ0) is 22.7. The summed E-state index contributed by atoms with van der Waals surface area (Å²) < 4.78 is 32.1. The molecule has 1 aliphatic rings. The van der Waals surface area contributed by atoms with Crippen LogP contribution in [0.5, 0.6) is 0 Å². The molecule has 32 heavy (non-hydrogen) atoms. The topological polar surface area (TPSA) is 61.6 Å². The van der Waals surface area contributed by atoms with E-state index in [-0.39, 0.29) is 29.6 Å². The third-order valence-electron chi connectivity index (χ3n) is 5.89. The zero-order valence-corrected chi connectivity index (χ0v) is 18.1. The van der Waals surface area contributed by atoms with Gasteiger partial charge >= 0.3 is 0 Å². The van der Waals surface area contributed by atoms with Gasteiger partial charge < -0.3 is 4.52 Å². The van der Waals surface area contributed by atoms with Gasteiger partial charge in [-0.25, -0.2) is 8.78 Å². The van der Waals surface area contributed by atoms with Crippen molar-refractivity contribution in [2.24, 2.45) is 0 Å². The number of hydrogen-bond donors (Lipinski definition) is 1. The minimum Gasteiger partial charge on any atom is -0.338 e. The average molecular weight is 440 g/mol. The molecule has 8 heteroatoms. The SMILES string of the molecule is Cc1cc(NC(=O)C(C)N2CCN(C(c3ccc(F)cc3)c3ccc(F)cc3)CC2)on1. The van der Waals surface area contributed by atoms with Gasteiger partial charge in [-0.05, 0) is 49.2 Å². The summed E-state index contributed by atoms with van der Waals surface area (Å²) in [5.74, 6) is -0.398. The van der Waals surface area contributed by atoms with Crippen LogP contribution in [0.4, 0.5) is 14.7 Å². The van der Waals surface area contributed by atoms with Crippen LogP contribution >= 0.6 is 0 Å². The van der Waals surface area contributed by atoms with E-state index in [2.05, 4.69) is 20.3 Å². The smallest absolute Gasteiger partial charge is 0.243 e. The summed E-state index contributed by atoms with van der Waals surface area (Å²) in [4.78, 5) is 17.0. The van der Waals surface area contributed by atoms with Crippen molar-refractivity contribution < 1.29 is 18.1 Å². The van der Waals surface area contributed by atoms with Crippen molar-refractivity contribution in [2.45, 2.75) is 25.9 Å². The van der Waals surface area contributed by atoms with Gasteiger partial charge in [0.15, 0.2) is 0 Å². The second kappa shape index (κ2) is 9.58. The minimum atomic E-state index is -0.336. The van der Waals surface area contributed by atoms with Crippen molar-refractivity contribution in [1.29, 1.82) is 0 Å². The molecule has 6 nitrogen and oxygen atoms in total. The molecule has 0 radical (unpaired) electrons. The lowest BCUT2D eigenvalue weighted by molar-refractivity contribution is -0.121. The van der Waals surface area contributed by atoms with E-state index in [4.69, 9.17) is 4.52 Å². The standard InChI is InChI=1S/C24H26F2N4O2/c1-16-15-22(32-28-16)27-24(31)17(2)29-11-13-30(14-12-29)23(18-3-7-20(25)8-4-18)19-5-9-21(26)10-6-19/h3-10,15,17,23H,11-14H2,1-2H3,(H,27,31). The quantitative estimate of drug-likeness (QED) is 0.628. The van der Waals surface area contributed by atoms with E-state index in [0.717, 1.165) is 11.1 Å². The van der Waals surface area contributed by atoms with Gasteiger partial charge in [-0.2, -0.15) is 0 Å². The van der Waals surface area contributed by atoms with Crippen LogP contribution in [0.25, 0.3) is 0 Å². The van der Waals surface area contributed by atoms with E-state index in [0.29, 0.717) is 37.8 Å². The van der Waals surface area contributed by atoms with Gasteiger partial charge in [-0.15, -0.1) is 0 Å². The second-order valence-corrected chi connectivity index (χ2v) is 8.08. The maximum Gasteiger partial charge on any atom is 0.243 e. The second-order valence-electron chi connectivity index (χ2n) is 8.08. The van der Waals surface area contributed by atoms with Gasteiger partial charge in [-0.1, -0.05) is 29.4 Å². The van der Waals surface area contributed by atoms with Crippen LogP contribution in [0.1, 0.15) is 29.8 Å². The number of nitrogens with one attached hydrogen (secondary N) is 1. The number of nitrogens with zero attached hydrogens (tertiary/aromatic N) is 3. The maximum atomic E-state index is 13.5. The first-order valence-electron chi connectivity index (χ1n) is 10.6. The molecule has 1 atom stereocenters. The first-order valence-corrected chi connectivity index (χ1v) is 10.6. The van der Waals surface area contributed by atoms with E-state index in [1.54, 1.807) is 37.3 Å². The summed E-state index contributed by atoms with van der Waals surface area (Å²) in [6.07, 6.45) is 0. The molecule has 0 saturated carbocycles. The molecule has 1 N–H and O–H groups in total. The fourth-order valence-corrected chi connectivity index (χ4v) is 4.10. The Hall–Kier alpha value is -3.10. The molecule has 0 spiro atoms. The highest BCUT2D eigenvalue weighted by Crippen LogP contribution is 2.30. The van der Waals surface area contributed by atoms with Gasteiger partial charge in [0.05, 0.1) is 17.8 Å². The molecule has 2 heterocycles. The number of carbonyl (C=O) groups excluding carboxylic acids is 1. The fraction of sp³-hybridized carbons (Fsp3) is 0.333. The summed E-state index contributed by atoms with van der Waals surface area (Å²) in [5.41, 5.74) is 2.59. The fourth-order valence-electron chi connectivity index (χ4n) is 4.10. The van der Waals surface area contributed by atoms with Gasteiger partial charge in [0.1, 0.15) is 11.6 Å². The Balaban J connectivity index is 1.45. The summed E-state index contributed by atoms with van der Waals surface area (Å²) >= 11 is 0. The van der Waals surface area contributed by atoms with Gasteiger partial charge in [-0.3, -0.25) is 19.9 Å². The highest BCUT2D eigenvalue weighted by molar-refractivity contribution is 5.93. The van der Waals surface area contributed by atoms with Crippen LogP contribution in [0.2, 0.25) is 0 Å². The van der Waals surface area contributed by atoms with Gasteiger partial charge in [0, 0.05) is 32.2 Å². The largest absolute Gasteiger partial charge is 0.338 e. The summed E-state index contributed by atoms with van der Waals surface area (Å²) in [6, 6.07) is 14.1. The van der Waals surface area contributed by atoms with Crippen molar-refractivity contribution >= 4 is 11.8 Å². The number of rotatable bonds is 6. The Kier molecular flexibility index (Phi) is 6.62. The lowest BCUT2D eigenvalue weighted by atomic mass is 9.96. The number of carbonyl (C=O) groups is 1. The summed E-state index contributed by atoms with van der Waals surface area (Å²) in [5, 5.41) is 6.54. The third kappa shape index (κ3) is 5.03. The van der Waals surface area contributed by atoms with Crippen LogP contribution < -0.4 is 5.32 Å².